The number of carbonyl (C=O) groups excluding carboxylic acids is 2. The van der Waals surface area contributed by atoms with Gasteiger partial charge in [-0.2, -0.15) is 0 Å². The number of hydrogen-bond acceptors (Lipinski definition) is 3. The molecule has 1 aliphatic rings. The van der Waals surface area contributed by atoms with Crippen LogP contribution < -0.4 is 10.2 Å². The Labute approximate surface area is 170 Å². The fraction of sp³-hybridized carbons (Fsp3) is 0.391. The van der Waals surface area contributed by atoms with E-state index in [2.05, 4.69) is 5.32 Å². The minimum Gasteiger partial charge on any atom is -0.443 e. The molecular weight excluding hydrogens is 371 g/mol. The molecule has 1 atom stereocenters. The van der Waals surface area contributed by atoms with Gasteiger partial charge in [0.05, 0.1) is 11.6 Å². The smallest absolute Gasteiger partial charge is 0.414 e. The maximum Gasteiger partial charge on any atom is 0.414 e. The molecule has 2 aromatic carbocycles. The number of rotatable bonds is 3. The van der Waals surface area contributed by atoms with E-state index < -0.39 is 5.60 Å². The van der Waals surface area contributed by atoms with Crippen molar-refractivity contribution in [3.8, 4) is 0 Å². The second kappa shape index (κ2) is 8.23. The number of fused-ring (bicyclic) bond motifs is 1. The van der Waals surface area contributed by atoms with Gasteiger partial charge in [0, 0.05) is 12.2 Å². The molecule has 1 unspecified atom stereocenters. The van der Waals surface area contributed by atoms with Crippen molar-refractivity contribution in [2.75, 3.05) is 16.8 Å². The maximum absolute atomic E-state index is 13.0. The topological polar surface area (TPSA) is 58.6 Å². The Bertz CT molecular complexity index is 903. The number of anilines is 2. The van der Waals surface area contributed by atoms with E-state index >= 15 is 0 Å². The Hall–Kier alpha value is -2.89. The summed E-state index contributed by atoms with van der Waals surface area (Å²) in [7, 11) is 0. The van der Waals surface area contributed by atoms with Crippen LogP contribution >= 0.6 is 0 Å². The quantitative estimate of drug-likeness (QED) is 0.768. The molecule has 0 fully saturated rings. The Morgan fingerprint density at radius 1 is 1.14 bits per heavy atom. The largest absolute Gasteiger partial charge is 0.443 e. The summed E-state index contributed by atoms with van der Waals surface area (Å²) in [5.74, 6) is -0.904. The van der Waals surface area contributed by atoms with Gasteiger partial charge in [-0.25, -0.2) is 9.18 Å². The molecule has 3 rings (SSSR count). The number of benzene rings is 2. The average Bonchev–Trinajstić information content (AvgIpc) is 2.66. The third-order valence-corrected chi connectivity index (χ3v) is 4.84. The van der Waals surface area contributed by atoms with Crippen molar-refractivity contribution >= 4 is 23.4 Å². The first-order valence-electron chi connectivity index (χ1n) is 9.84. The number of amides is 2. The molecular formula is C23H27FN2O3. The van der Waals surface area contributed by atoms with E-state index in [1.165, 1.54) is 24.3 Å². The highest BCUT2D eigenvalue weighted by atomic mass is 19.1. The van der Waals surface area contributed by atoms with Crippen LogP contribution in [-0.4, -0.2) is 24.1 Å². The van der Waals surface area contributed by atoms with E-state index in [-0.39, 0.29) is 23.7 Å². The van der Waals surface area contributed by atoms with Crippen LogP contribution in [-0.2, 0) is 16.0 Å². The normalized spacial score (nSPS) is 14.7. The fourth-order valence-corrected chi connectivity index (χ4v) is 3.33. The summed E-state index contributed by atoms with van der Waals surface area (Å²) in [6, 6.07) is 11.4. The summed E-state index contributed by atoms with van der Waals surface area (Å²) < 4.78 is 18.6. The Kier molecular flexibility index (Phi) is 5.91. The molecule has 0 saturated heterocycles. The highest BCUT2D eigenvalue weighted by Gasteiger charge is 2.28. The third-order valence-electron chi connectivity index (χ3n) is 4.84. The lowest BCUT2D eigenvalue weighted by molar-refractivity contribution is -0.117. The Morgan fingerprint density at radius 2 is 1.83 bits per heavy atom. The molecule has 0 radical (unpaired) electrons. The second-order valence-electron chi connectivity index (χ2n) is 8.34. The van der Waals surface area contributed by atoms with Crippen molar-refractivity contribution in [2.24, 2.45) is 0 Å². The number of aryl methyl sites for hydroxylation is 1. The summed E-state index contributed by atoms with van der Waals surface area (Å²) >= 11 is 0. The molecule has 6 heteroatoms. The van der Waals surface area contributed by atoms with Gasteiger partial charge in [0.15, 0.2) is 0 Å². The molecule has 5 nitrogen and oxygen atoms in total. The fourth-order valence-electron chi connectivity index (χ4n) is 3.33. The summed E-state index contributed by atoms with van der Waals surface area (Å²) in [4.78, 5) is 26.8. The molecule has 0 aliphatic carbocycles. The molecule has 1 aliphatic heterocycles. The highest BCUT2D eigenvalue weighted by molar-refractivity contribution is 5.96. The first kappa shape index (κ1) is 20.8. The van der Waals surface area contributed by atoms with Crippen molar-refractivity contribution < 1.29 is 18.7 Å². The zero-order valence-corrected chi connectivity index (χ0v) is 17.3. The van der Waals surface area contributed by atoms with Crippen molar-refractivity contribution in [3.63, 3.8) is 0 Å². The second-order valence-corrected chi connectivity index (χ2v) is 8.34. The number of nitrogens with one attached hydrogen (secondary N) is 1. The predicted molar refractivity (Wildman–Crippen MR) is 112 cm³/mol. The van der Waals surface area contributed by atoms with Crippen molar-refractivity contribution in [1.29, 1.82) is 0 Å². The van der Waals surface area contributed by atoms with Crippen LogP contribution in [0.1, 0.15) is 51.2 Å². The van der Waals surface area contributed by atoms with Gasteiger partial charge < -0.3 is 10.1 Å². The van der Waals surface area contributed by atoms with Gasteiger partial charge in [0.2, 0.25) is 5.91 Å². The number of carbonyl (C=O) groups is 2. The zero-order valence-electron chi connectivity index (χ0n) is 17.3. The highest BCUT2D eigenvalue weighted by Crippen LogP contribution is 2.32. The lowest BCUT2D eigenvalue weighted by atomic mass is 9.93. The van der Waals surface area contributed by atoms with E-state index in [9.17, 15) is 14.0 Å². The van der Waals surface area contributed by atoms with Gasteiger partial charge >= 0.3 is 6.09 Å². The molecule has 2 amide bonds. The van der Waals surface area contributed by atoms with E-state index in [1.807, 2.05) is 45.9 Å². The number of ether oxygens (including phenoxy) is 1. The Balaban J connectivity index is 1.76. The van der Waals surface area contributed by atoms with Crippen LogP contribution in [0.25, 0.3) is 0 Å². The summed E-state index contributed by atoms with van der Waals surface area (Å²) in [5.41, 5.74) is 2.73. The molecule has 0 aromatic heterocycles. The van der Waals surface area contributed by atoms with Gasteiger partial charge in [-0.15, -0.1) is 0 Å². The minimum atomic E-state index is -0.554. The number of halogens is 1. The lowest BCUT2D eigenvalue weighted by Gasteiger charge is -2.32. The standard InChI is InChI=1S/C23H27FN2O3/c1-15(21(27)25-19-10-8-18(24)9-11-19)16-7-12-20-17(14-16)6-5-13-26(20)22(28)29-23(2,3)4/h7-12,14-15H,5-6,13H2,1-4H3,(H,25,27). The van der Waals surface area contributed by atoms with Crippen LogP contribution in [0.2, 0.25) is 0 Å². The number of hydrogen-bond donors (Lipinski definition) is 1. The average molecular weight is 398 g/mol. The van der Waals surface area contributed by atoms with E-state index in [4.69, 9.17) is 4.74 Å². The minimum absolute atomic E-state index is 0.170. The van der Waals surface area contributed by atoms with Crippen LogP contribution in [0.5, 0.6) is 0 Å². The number of nitrogens with zero attached hydrogens (tertiary/aromatic N) is 1. The zero-order chi connectivity index (χ0) is 21.2. The molecule has 2 aromatic rings. The molecule has 1 N–H and O–H groups in total. The van der Waals surface area contributed by atoms with Crippen molar-refractivity contribution in [1.82, 2.24) is 0 Å². The van der Waals surface area contributed by atoms with Crippen LogP contribution in [0.15, 0.2) is 42.5 Å². The first-order chi connectivity index (χ1) is 13.6. The van der Waals surface area contributed by atoms with Gasteiger partial charge in [0.25, 0.3) is 0 Å². The van der Waals surface area contributed by atoms with Crippen LogP contribution in [0.4, 0.5) is 20.6 Å². The molecule has 0 bridgehead atoms. The monoisotopic (exact) mass is 398 g/mol. The molecule has 0 spiro atoms. The molecule has 1 heterocycles. The van der Waals surface area contributed by atoms with Gasteiger partial charge in [0.1, 0.15) is 11.4 Å². The van der Waals surface area contributed by atoms with E-state index in [1.54, 1.807) is 4.90 Å². The van der Waals surface area contributed by atoms with Gasteiger partial charge in [-0.1, -0.05) is 12.1 Å². The van der Waals surface area contributed by atoms with Crippen molar-refractivity contribution in [2.45, 2.75) is 52.1 Å². The van der Waals surface area contributed by atoms with Crippen molar-refractivity contribution in [3.05, 3.63) is 59.4 Å². The van der Waals surface area contributed by atoms with Crippen LogP contribution in [0.3, 0.4) is 0 Å². The summed E-state index contributed by atoms with van der Waals surface area (Å²) in [5, 5.41) is 2.81. The first-order valence-corrected chi connectivity index (χ1v) is 9.84. The molecule has 0 saturated carbocycles. The van der Waals surface area contributed by atoms with E-state index in [0.29, 0.717) is 12.2 Å². The van der Waals surface area contributed by atoms with E-state index in [0.717, 1.165) is 29.7 Å². The van der Waals surface area contributed by atoms with Gasteiger partial charge in [-0.3, -0.25) is 9.69 Å². The third kappa shape index (κ3) is 5.13. The predicted octanol–water partition coefficient (Wildman–Crippen LogP) is 5.26. The maximum atomic E-state index is 13.0. The van der Waals surface area contributed by atoms with Crippen LogP contribution in [0, 0.1) is 5.82 Å². The molecule has 154 valence electrons. The molecule has 29 heavy (non-hydrogen) atoms. The summed E-state index contributed by atoms with van der Waals surface area (Å²) in [6.07, 6.45) is 1.33. The van der Waals surface area contributed by atoms with Gasteiger partial charge in [-0.05, 0) is 82.0 Å². The lowest BCUT2D eigenvalue weighted by Crippen LogP contribution is -2.39. The SMILES string of the molecule is CC(C(=O)Nc1ccc(F)cc1)c1ccc2c(c1)CCCN2C(=O)OC(C)(C)C. The summed E-state index contributed by atoms with van der Waals surface area (Å²) in [6.45, 7) is 7.98. The Morgan fingerprint density at radius 3 is 2.48 bits per heavy atom.